The van der Waals surface area contributed by atoms with Gasteiger partial charge in [-0.3, -0.25) is 4.98 Å². The minimum absolute atomic E-state index is 0. The molecule has 0 bridgehead atoms. The first-order valence-corrected chi connectivity index (χ1v) is 4.76. The van der Waals surface area contributed by atoms with E-state index < -0.39 is 0 Å². The van der Waals surface area contributed by atoms with Crippen LogP contribution in [0.2, 0.25) is 5.02 Å². The van der Waals surface area contributed by atoms with Crippen LogP contribution in [0.15, 0.2) is 42.7 Å². The van der Waals surface area contributed by atoms with Crippen molar-refractivity contribution in [3.05, 3.63) is 47.7 Å². The number of rotatable bonds is 2. The lowest BCUT2D eigenvalue weighted by Gasteiger charge is -2.07. The van der Waals surface area contributed by atoms with Gasteiger partial charge in [0, 0.05) is 11.2 Å². The molecule has 0 atom stereocenters. The first kappa shape index (κ1) is 15.8. The van der Waals surface area contributed by atoms with Crippen LogP contribution in [0, 0.1) is 0 Å². The molecule has 0 fully saturated rings. The van der Waals surface area contributed by atoms with Gasteiger partial charge in [-0.2, -0.15) is 0 Å². The molecule has 3 nitrogen and oxygen atoms in total. The summed E-state index contributed by atoms with van der Waals surface area (Å²) < 4.78 is 5.52. The van der Waals surface area contributed by atoms with Crippen LogP contribution in [0.3, 0.4) is 0 Å². The number of anilines is 1. The van der Waals surface area contributed by atoms with Crippen LogP contribution >= 0.6 is 36.4 Å². The summed E-state index contributed by atoms with van der Waals surface area (Å²) in [5, 5.41) is 0.589. The Morgan fingerprint density at radius 1 is 1.18 bits per heavy atom. The molecule has 17 heavy (non-hydrogen) atoms. The van der Waals surface area contributed by atoms with Crippen LogP contribution in [-0.2, 0) is 0 Å². The summed E-state index contributed by atoms with van der Waals surface area (Å²) in [6.07, 6.45) is 3.30. The van der Waals surface area contributed by atoms with Crippen molar-refractivity contribution < 1.29 is 4.74 Å². The fourth-order valence-corrected chi connectivity index (χ4v) is 1.33. The van der Waals surface area contributed by atoms with Crippen molar-refractivity contribution in [2.75, 3.05) is 5.73 Å². The van der Waals surface area contributed by atoms with Gasteiger partial charge in [-0.25, -0.2) is 0 Å². The molecule has 0 amide bonds. The number of benzene rings is 1. The maximum atomic E-state index is 5.77. The van der Waals surface area contributed by atoms with Crippen LogP contribution in [0.1, 0.15) is 0 Å². The van der Waals surface area contributed by atoms with Crippen LogP contribution in [0.5, 0.6) is 11.5 Å². The van der Waals surface area contributed by atoms with E-state index in [1.54, 1.807) is 42.7 Å². The summed E-state index contributed by atoms with van der Waals surface area (Å²) in [5.74, 6) is 1.22. The number of hydrogen-bond acceptors (Lipinski definition) is 3. The second-order valence-electron chi connectivity index (χ2n) is 2.97. The Morgan fingerprint density at radius 3 is 2.53 bits per heavy atom. The van der Waals surface area contributed by atoms with Crippen LogP contribution in [0.25, 0.3) is 0 Å². The average Bonchev–Trinajstić information content (AvgIpc) is 2.24. The number of hydrogen-bond donors (Lipinski definition) is 1. The van der Waals surface area contributed by atoms with Crippen molar-refractivity contribution in [1.29, 1.82) is 0 Å². The number of nitrogens with two attached hydrogens (primary N) is 1. The van der Waals surface area contributed by atoms with E-state index in [2.05, 4.69) is 4.98 Å². The normalized spacial score (nSPS) is 8.76. The highest BCUT2D eigenvalue weighted by Crippen LogP contribution is 2.28. The monoisotopic (exact) mass is 292 g/mol. The van der Waals surface area contributed by atoms with Gasteiger partial charge < -0.3 is 10.5 Å². The number of nitrogen functional groups attached to an aromatic ring is 1. The maximum absolute atomic E-state index is 5.77. The minimum atomic E-state index is 0. The van der Waals surface area contributed by atoms with E-state index >= 15 is 0 Å². The Labute approximate surface area is 117 Å². The molecule has 1 heterocycles. The van der Waals surface area contributed by atoms with Gasteiger partial charge >= 0.3 is 0 Å². The van der Waals surface area contributed by atoms with Crippen LogP contribution in [0.4, 0.5) is 5.69 Å². The highest BCUT2D eigenvalue weighted by molar-refractivity contribution is 6.30. The molecule has 0 aliphatic rings. The lowest BCUT2D eigenvalue weighted by Crippen LogP contribution is -1.91. The smallest absolute Gasteiger partial charge is 0.150 e. The topological polar surface area (TPSA) is 48.1 Å². The fourth-order valence-electron chi connectivity index (χ4n) is 1.15. The molecule has 1 aromatic heterocycles. The van der Waals surface area contributed by atoms with Crippen LogP contribution in [-0.4, -0.2) is 4.98 Å². The molecule has 0 saturated heterocycles. The summed E-state index contributed by atoms with van der Waals surface area (Å²) in [5.41, 5.74) is 6.25. The number of ether oxygens (including phenoxy) is 1. The van der Waals surface area contributed by atoms with Crippen molar-refractivity contribution in [2.45, 2.75) is 0 Å². The highest BCUT2D eigenvalue weighted by atomic mass is 35.5. The molecule has 0 radical (unpaired) electrons. The molecule has 0 saturated carbocycles. The predicted octanol–water partition coefficient (Wildman–Crippen LogP) is 3.95. The lowest BCUT2D eigenvalue weighted by molar-refractivity contribution is 0.482. The van der Waals surface area contributed by atoms with E-state index in [0.29, 0.717) is 22.2 Å². The Morgan fingerprint density at radius 2 is 1.94 bits per heavy atom. The van der Waals surface area contributed by atoms with Gasteiger partial charge in [-0.05, 0) is 30.3 Å². The maximum Gasteiger partial charge on any atom is 0.150 e. The van der Waals surface area contributed by atoms with E-state index in [1.165, 1.54) is 0 Å². The van der Waals surface area contributed by atoms with E-state index in [9.17, 15) is 0 Å². The SMILES string of the molecule is Cl.Cl.Nc1cc(Cl)ccc1Oc1cccnc1. The molecule has 2 N–H and O–H groups in total. The fraction of sp³-hybridized carbons (Fsp3) is 0. The molecular weight excluding hydrogens is 282 g/mol. The summed E-state index contributed by atoms with van der Waals surface area (Å²) in [6.45, 7) is 0. The second kappa shape index (κ2) is 7.22. The number of pyridine rings is 1. The second-order valence-corrected chi connectivity index (χ2v) is 3.41. The van der Waals surface area contributed by atoms with Crippen LogP contribution < -0.4 is 10.5 Å². The zero-order valence-corrected chi connectivity index (χ0v) is 11.1. The van der Waals surface area contributed by atoms with Gasteiger partial charge in [0.1, 0.15) is 11.5 Å². The lowest BCUT2D eigenvalue weighted by atomic mass is 10.3. The van der Waals surface area contributed by atoms with E-state index in [4.69, 9.17) is 22.1 Å². The zero-order valence-electron chi connectivity index (χ0n) is 8.67. The van der Waals surface area contributed by atoms with Gasteiger partial charge in [0.2, 0.25) is 0 Å². The third kappa shape index (κ3) is 4.30. The number of nitrogens with zero attached hydrogens (tertiary/aromatic N) is 1. The minimum Gasteiger partial charge on any atom is -0.454 e. The summed E-state index contributed by atoms with van der Waals surface area (Å²) in [6, 6.07) is 8.70. The van der Waals surface area contributed by atoms with Gasteiger partial charge in [0.05, 0.1) is 11.9 Å². The highest BCUT2D eigenvalue weighted by Gasteiger charge is 2.02. The standard InChI is InChI=1S/C11H9ClN2O.2ClH/c12-8-3-4-11(10(13)6-8)15-9-2-1-5-14-7-9;;/h1-7H,13H2;2*1H. The molecule has 6 heteroatoms. The van der Waals surface area contributed by atoms with Crippen molar-refractivity contribution in [3.8, 4) is 11.5 Å². The van der Waals surface area contributed by atoms with Gasteiger partial charge in [-0.15, -0.1) is 24.8 Å². The quantitative estimate of drug-likeness (QED) is 0.853. The van der Waals surface area contributed by atoms with Crippen molar-refractivity contribution in [3.63, 3.8) is 0 Å². The first-order valence-electron chi connectivity index (χ1n) is 4.38. The average molecular weight is 294 g/mol. The Balaban J connectivity index is 0.00000128. The number of halogens is 3. The van der Waals surface area contributed by atoms with Gasteiger partial charge in [-0.1, -0.05) is 11.6 Å². The Hall–Kier alpha value is -1.16. The summed E-state index contributed by atoms with van der Waals surface area (Å²) in [4.78, 5) is 3.94. The number of aromatic nitrogens is 1. The van der Waals surface area contributed by atoms with Crippen molar-refractivity contribution in [2.24, 2.45) is 0 Å². The first-order chi connectivity index (χ1) is 7.25. The van der Waals surface area contributed by atoms with E-state index in [-0.39, 0.29) is 24.8 Å². The van der Waals surface area contributed by atoms with E-state index in [0.717, 1.165) is 0 Å². The van der Waals surface area contributed by atoms with Crippen molar-refractivity contribution in [1.82, 2.24) is 4.98 Å². The molecule has 0 unspecified atom stereocenters. The van der Waals surface area contributed by atoms with Gasteiger partial charge in [0.15, 0.2) is 0 Å². The molecule has 2 aromatic rings. The third-order valence-corrected chi connectivity index (χ3v) is 2.07. The molecule has 0 aliphatic carbocycles. The molecule has 2 rings (SSSR count). The van der Waals surface area contributed by atoms with Gasteiger partial charge in [0.25, 0.3) is 0 Å². The predicted molar refractivity (Wildman–Crippen MR) is 74.7 cm³/mol. The molecule has 0 aliphatic heterocycles. The third-order valence-electron chi connectivity index (χ3n) is 1.83. The Bertz CT molecular complexity index is 466. The molecule has 1 aromatic carbocycles. The zero-order chi connectivity index (χ0) is 10.7. The molecular formula is C11H11Cl3N2O. The van der Waals surface area contributed by atoms with E-state index in [1.807, 2.05) is 0 Å². The largest absolute Gasteiger partial charge is 0.454 e. The molecule has 92 valence electrons. The molecule has 0 spiro atoms. The summed E-state index contributed by atoms with van der Waals surface area (Å²) in [7, 11) is 0. The van der Waals surface area contributed by atoms with Crippen molar-refractivity contribution >= 4 is 42.1 Å². The summed E-state index contributed by atoms with van der Waals surface area (Å²) >= 11 is 5.77. The Kier molecular flexibility index (Phi) is 6.73.